The number of halogens is 1. The third kappa shape index (κ3) is 5.60. The van der Waals surface area contributed by atoms with Crippen LogP contribution in [0.5, 0.6) is 11.5 Å². The molecule has 1 aromatic carbocycles. The number of methoxy groups -OCH3 is 1. The number of nitrogens with zero attached hydrogens (tertiary/aromatic N) is 3. The van der Waals surface area contributed by atoms with Crippen LogP contribution in [0.2, 0.25) is 23.4 Å². The zero-order chi connectivity index (χ0) is 23.5. The molecule has 0 aliphatic carbocycles. The second kappa shape index (κ2) is 9.76. The van der Waals surface area contributed by atoms with Crippen LogP contribution < -0.4 is 14.4 Å². The molecule has 3 rings (SSSR count). The zero-order valence-electron chi connectivity index (χ0n) is 19.6. The van der Waals surface area contributed by atoms with E-state index in [9.17, 15) is 4.79 Å². The number of ether oxygens (including phenoxy) is 2. The van der Waals surface area contributed by atoms with Crippen molar-refractivity contribution in [2.24, 2.45) is 0 Å². The number of amides is 1. The summed E-state index contributed by atoms with van der Waals surface area (Å²) < 4.78 is 17.6. The van der Waals surface area contributed by atoms with Crippen LogP contribution in [0.4, 0.5) is 5.82 Å². The Labute approximate surface area is 196 Å². The Balaban J connectivity index is 1.79. The highest BCUT2D eigenvalue weighted by molar-refractivity contribution is 6.74. The highest BCUT2D eigenvalue weighted by Crippen LogP contribution is 2.38. The summed E-state index contributed by atoms with van der Waals surface area (Å²) >= 11 is 6.10. The number of aromatic nitrogens is 2. The van der Waals surface area contributed by atoms with Crippen molar-refractivity contribution >= 4 is 31.6 Å². The monoisotopic (exact) mass is 477 g/mol. The average Bonchev–Trinajstić information content (AvgIpc) is 3.11. The molecule has 7 nitrogen and oxygen atoms in total. The van der Waals surface area contributed by atoms with Gasteiger partial charge in [0.05, 0.1) is 26.0 Å². The Morgan fingerprint density at radius 3 is 2.53 bits per heavy atom. The molecule has 1 saturated heterocycles. The fourth-order valence-electron chi connectivity index (χ4n) is 3.21. The first-order valence-electron chi connectivity index (χ1n) is 10.8. The van der Waals surface area contributed by atoms with Gasteiger partial charge in [-0.15, -0.1) is 0 Å². The van der Waals surface area contributed by atoms with Gasteiger partial charge in [-0.2, -0.15) is 4.98 Å². The molecule has 32 heavy (non-hydrogen) atoms. The summed E-state index contributed by atoms with van der Waals surface area (Å²) in [4.78, 5) is 22.9. The summed E-state index contributed by atoms with van der Waals surface area (Å²) in [7, 11) is -0.329. The lowest BCUT2D eigenvalue weighted by molar-refractivity contribution is -0.117. The van der Waals surface area contributed by atoms with Crippen molar-refractivity contribution in [1.29, 1.82) is 0 Å². The van der Waals surface area contributed by atoms with Crippen LogP contribution in [-0.4, -0.2) is 44.0 Å². The molecule has 1 unspecified atom stereocenters. The van der Waals surface area contributed by atoms with E-state index in [1.807, 2.05) is 24.3 Å². The second-order valence-corrected chi connectivity index (χ2v) is 14.6. The Kier molecular flexibility index (Phi) is 7.47. The summed E-state index contributed by atoms with van der Waals surface area (Å²) in [6.07, 6.45) is 2.66. The van der Waals surface area contributed by atoms with Crippen molar-refractivity contribution in [2.75, 3.05) is 18.6 Å². The SMILES string of the molecule is COc1ccc(COc2cnc(Cl)nc2N2C(=O)CCC2CO[Si](C)(C)C(C)(C)C)cc1. The third-order valence-corrected chi connectivity index (χ3v) is 10.9. The van der Waals surface area contributed by atoms with E-state index in [0.717, 1.165) is 11.3 Å². The van der Waals surface area contributed by atoms with Crippen LogP contribution in [0.1, 0.15) is 39.2 Å². The van der Waals surface area contributed by atoms with Gasteiger partial charge in [0, 0.05) is 6.42 Å². The number of hydrogen-bond donors (Lipinski definition) is 0. The molecule has 1 aliphatic heterocycles. The van der Waals surface area contributed by atoms with Crippen molar-refractivity contribution in [1.82, 2.24) is 9.97 Å². The maximum atomic E-state index is 12.8. The first kappa shape index (κ1) is 24.5. The summed E-state index contributed by atoms with van der Waals surface area (Å²) in [5.41, 5.74) is 0.956. The molecule has 9 heteroatoms. The molecule has 1 aromatic heterocycles. The lowest BCUT2D eigenvalue weighted by Crippen LogP contribution is -2.45. The Hall–Kier alpha value is -2.16. The lowest BCUT2D eigenvalue weighted by atomic mass is 10.2. The number of carbonyl (C=O) groups excluding carboxylic acids is 1. The van der Waals surface area contributed by atoms with Crippen molar-refractivity contribution in [3.8, 4) is 11.5 Å². The molecule has 0 N–H and O–H groups in total. The van der Waals surface area contributed by atoms with Crippen molar-refractivity contribution < 1.29 is 18.7 Å². The summed E-state index contributed by atoms with van der Waals surface area (Å²) in [5, 5.41) is 0.159. The largest absolute Gasteiger partial charge is 0.497 e. The van der Waals surface area contributed by atoms with Crippen molar-refractivity contribution in [3.05, 3.63) is 41.3 Å². The van der Waals surface area contributed by atoms with Crippen LogP contribution in [0.15, 0.2) is 30.5 Å². The van der Waals surface area contributed by atoms with Gasteiger partial charge < -0.3 is 13.9 Å². The van der Waals surface area contributed by atoms with Crippen molar-refractivity contribution in [2.45, 2.75) is 64.4 Å². The standard InChI is InChI=1S/C23H32ClN3O4Si/c1-23(2,3)32(5,6)31-15-17-9-12-20(28)27(17)21-19(13-25-22(24)26-21)30-14-16-7-10-18(29-4)11-8-16/h7-8,10-11,13,17H,9,12,14-15H2,1-6H3. The molecule has 174 valence electrons. The fraction of sp³-hybridized carbons (Fsp3) is 0.522. The van der Waals surface area contributed by atoms with Gasteiger partial charge in [0.1, 0.15) is 12.4 Å². The van der Waals surface area contributed by atoms with Crippen LogP contribution in [0, 0.1) is 0 Å². The number of carbonyl (C=O) groups is 1. The molecule has 1 atom stereocenters. The van der Waals surface area contributed by atoms with E-state index in [2.05, 4.69) is 43.8 Å². The molecule has 0 bridgehead atoms. The Morgan fingerprint density at radius 2 is 1.91 bits per heavy atom. The van der Waals surface area contributed by atoms with Gasteiger partial charge in [-0.05, 0) is 53.9 Å². The molecular formula is C23H32ClN3O4Si. The van der Waals surface area contributed by atoms with Crippen LogP contribution in [0.25, 0.3) is 0 Å². The third-order valence-electron chi connectivity index (χ3n) is 6.26. The van der Waals surface area contributed by atoms with E-state index in [-0.39, 0.29) is 22.3 Å². The Bertz CT molecular complexity index is 947. The number of benzene rings is 1. The van der Waals surface area contributed by atoms with Gasteiger partial charge >= 0.3 is 0 Å². The molecule has 1 amide bonds. The minimum atomic E-state index is -1.95. The molecule has 1 fully saturated rings. The normalized spacial score (nSPS) is 17.0. The predicted octanol–water partition coefficient (Wildman–Crippen LogP) is 5.23. The van der Waals surface area contributed by atoms with E-state index in [4.69, 9.17) is 25.5 Å². The van der Waals surface area contributed by atoms with Gasteiger partial charge in [0.15, 0.2) is 19.9 Å². The van der Waals surface area contributed by atoms with Gasteiger partial charge in [-0.1, -0.05) is 32.9 Å². The first-order chi connectivity index (χ1) is 15.0. The molecule has 2 aromatic rings. The second-order valence-electron chi connectivity index (χ2n) is 9.49. The molecule has 0 spiro atoms. The molecule has 1 aliphatic rings. The molecular weight excluding hydrogens is 446 g/mol. The fourth-order valence-corrected chi connectivity index (χ4v) is 4.38. The number of rotatable bonds is 8. The average molecular weight is 478 g/mol. The van der Waals surface area contributed by atoms with Crippen LogP contribution >= 0.6 is 11.6 Å². The smallest absolute Gasteiger partial charge is 0.228 e. The van der Waals surface area contributed by atoms with E-state index in [0.29, 0.717) is 37.6 Å². The highest BCUT2D eigenvalue weighted by atomic mass is 35.5. The van der Waals surface area contributed by atoms with E-state index in [1.165, 1.54) is 6.20 Å². The summed E-state index contributed by atoms with van der Waals surface area (Å²) in [6.45, 7) is 11.8. The first-order valence-corrected chi connectivity index (χ1v) is 14.0. The van der Waals surface area contributed by atoms with E-state index >= 15 is 0 Å². The van der Waals surface area contributed by atoms with Crippen LogP contribution in [0.3, 0.4) is 0 Å². The van der Waals surface area contributed by atoms with Gasteiger partial charge in [-0.25, -0.2) is 4.98 Å². The Morgan fingerprint density at radius 1 is 1.22 bits per heavy atom. The maximum Gasteiger partial charge on any atom is 0.228 e. The number of hydrogen-bond acceptors (Lipinski definition) is 6. The van der Waals surface area contributed by atoms with E-state index in [1.54, 1.807) is 12.0 Å². The molecule has 0 saturated carbocycles. The quantitative estimate of drug-likeness (QED) is 0.382. The molecule has 0 radical (unpaired) electrons. The minimum Gasteiger partial charge on any atom is -0.497 e. The predicted molar refractivity (Wildman–Crippen MR) is 128 cm³/mol. The highest BCUT2D eigenvalue weighted by Gasteiger charge is 2.41. The summed E-state index contributed by atoms with van der Waals surface area (Å²) in [5.74, 6) is 1.57. The number of anilines is 1. The lowest BCUT2D eigenvalue weighted by Gasteiger charge is -2.38. The van der Waals surface area contributed by atoms with Gasteiger partial charge in [-0.3, -0.25) is 9.69 Å². The zero-order valence-corrected chi connectivity index (χ0v) is 21.4. The topological polar surface area (TPSA) is 73.8 Å². The maximum absolute atomic E-state index is 12.8. The summed E-state index contributed by atoms with van der Waals surface area (Å²) in [6, 6.07) is 7.47. The van der Waals surface area contributed by atoms with Crippen molar-refractivity contribution in [3.63, 3.8) is 0 Å². The van der Waals surface area contributed by atoms with E-state index < -0.39 is 8.32 Å². The van der Waals surface area contributed by atoms with Gasteiger partial charge in [0.25, 0.3) is 0 Å². The minimum absolute atomic E-state index is 0.0158. The van der Waals surface area contributed by atoms with Gasteiger partial charge in [0.2, 0.25) is 11.2 Å². The van der Waals surface area contributed by atoms with Crippen LogP contribution in [-0.2, 0) is 15.8 Å². The molecule has 2 heterocycles.